The number of sulfonamides is 1. The summed E-state index contributed by atoms with van der Waals surface area (Å²) in [5.41, 5.74) is 0.635. The average Bonchev–Trinajstić information content (AvgIpc) is 2.87. The minimum atomic E-state index is -3.49. The summed E-state index contributed by atoms with van der Waals surface area (Å²) in [7, 11) is -3.49. The van der Waals surface area contributed by atoms with Crippen molar-refractivity contribution in [1.29, 1.82) is 0 Å². The van der Waals surface area contributed by atoms with Crippen molar-refractivity contribution in [2.75, 3.05) is 6.54 Å². The molecule has 5 nitrogen and oxygen atoms in total. The molecule has 7 heteroatoms. The molecule has 20 heavy (non-hydrogen) atoms. The van der Waals surface area contributed by atoms with Crippen molar-refractivity contribution in [2.24, 2.45) is 0 Å². The van der Waals surface area contributed by atoms with E-state index in [1.807, 2.05) is 0 Å². The predicted molar refractivity (Wildman–Crippen MR) is 78.3 cm³/mol. The number of hydrogen-bond donors (Lipinski definition) is 2. The number of aromatic nitrogens is 2. The molecular formula is C13H16ClN3O2S. The van der Waals surface area contributed by atoms with Gasteiger partial charge in [-0.1, -0.05) is 11.6 Å². The molecule has 0 radical (unpaired) electrons. The second-order valence-corrected chi connectivity index (χ2v) is 6.62. The van der Waals surface area contributed by atoms with Crippen LogP contribution in [0.5, 0.6) is 0 Å². The molecule has 2 N–H and O–H groups in total. The Labute approximate surface area is 123 Å². The van der Waals surface area contributed by atoms with Crippen LogP contribution in [-0.2, 0) is 16.4 Å². The van der Waals surface area contributed by atoms with Crippen LogP contribution in [0.1, 0.15) is 17.8 Å². The molecule has 0 aliphatic heterocycles. The van der Waals surface area contributed by atoms with Crippen LogP contribution in [0, 0.1) is 6.92 Å². The van der Waals surface area contributed by atoms with E-state index in [9.17, 15) is 8.42 Å². The SMILES string of the molecule is Cc1cc(Cl)ccc1S(=O)(=O)NCCCc1ncc[nH]1. The third-order valence-electron chi connectivity index (χ3n) is 2.86. The Hall–Kier alpha value is -1.37. The molecule has 0 saturated carbocycles. The second kappa shape index (κ2) is 6.39. The molecule has 0 aliphatic carbocycles. The van der Waals surface area contributed by atoms with Gasteiger partial charge in [-0.2, -0.15) is 0 Å². The van der Waals surface area contributed by atoms with E-state index in [1.165, 1.54) is 6.07 Å². The molecule has 0 bridgehead atoms. The molecule has 0 atom stereocenters. The summed E-state index contributed by atoms with van der Waals surface area (Å²) in [4.78, 5) is 7.33. The van der Waals surface area contributed by atoms with Crippen LogP contribution in [0.25, 0.3) is 0 Å². The molecule has 0 amide bonds. The first-order valence-electron chi connectivity index (χ1n) is 6.23. The number of H-pyrrole nitrogens is 1. The largest absolute Gasteiger partial charge is 0.349 e. The van der Waals surface area contributed by atoms with Crippen LogP contribution in [0.2, 0.25) is 5.02 Å². The van der Waals surface area contributed by atoms with Gasteiger partial charge in [-0.05, 0) is 37.1 Å². The van der Waals surface area contributed by atoms with Gasteiger partial charge in [0.15, 0.2) is 0 Å². The van der Waals surface area contributed by atoms with Gasteiger partial charge in [0.05, 0.1) is 4.90 Å². The summed E-state index contributed by atoms with van der Waals surface area (Å²) in [6.45, 7) is 2.09. The minimum Gasteiger partial charge on any atom is -0.349 e. The molecule has 0 aliphatic rings. The third-order valence-corrected chi connectivity index (χ3v) is 4.72. The number of nitrogens with one attached hydrogen (secondary N) is 2. The Balaban J connectivity index is 1.93. The lowest BCUT2D eigenvalue weighted by Gasteiger charge is -2.09. The van der Waals surface area contributed by atoms with Crippen LogP contribution in [-0.4, -0.2) is 24.9 Å². The zero-order valence-electron chi connectivity index (χ0n) is 11.1. The maximum absolute atomic E-state index is 12.1. The molecule has 1 aromatic heterocycles. The Morgan fingerprint density at radius 1 is 1.40 bits per heavy atom. The highest BCUT2D eigenvalue weighted by atomic mass is 35.5. The van der Waals surface area contributed by atoms with Crippen molar-refractivity contribution in [3.63, 3.8) is 0 Å². The maximum atomic E-state index is 12.1. The summed E-state index contributed by atoms with van der Waals surface area (Å²) in [5, 5.41) is 0.527. The molecule has 0 fully saturated rings. The zero-order chi connectivity index (χ0) is 14.6. The Morgan fingerprint density at radius 3 is 2.85 bits per heavy atom. The molecule has 2 aromatic rings. The lowest BCUT2D eigenvalue weighted by Crippen LogP contribution is -2.25. The van der Waals surface area contributed by atoms with Crippen LogP contribution in [0.15, 0.2) is 35.5 Å². The molecule has 108 valence electrons. The summed E-state index contributed by atoms with van der Waals surface area (Å²) >= 11 is 5.83. The number of nitrogens with zero attached hydrogens (tertiary/aromatic N) is 1. The molecule has 1 aromatic carbocycles. The molecule has 0 saturated heterocycles. The number of imidazole rings is 1. The highest BCUT2D eigenvalue weighted by Gasteiger charge is 2.16. The van der Waals surface area contributed by atoms with E-state index in [-0.39, 0.29) is 4.90 Å². The van der Waals surface area contributed by atoms with Crippen molar-refractivity contribution in [3.8, 4) is 0 Å². The van der Waals surface area contributed by atoms with Crippen molar-refractivity contribution >= 4 is 21.6 Å². The fourth-order valence-corrected chi connectivity index (χ4v) is 3.41. The number of aryl methyl sites for hydroxylation is 2. The first-order chi connectivity index (χ1) is 9.49. The Morgan fingerprint density at radius 2 is 2.20 bits per heavy atom. The molecule has 1 heterocycles. The number of aromatic amines is 1. The zero-order valence-corrected chi connectivity index (χ0v) is 12.6. The number of halogens is 1. The van der Waals surface area contributed by atoms with E-state index in [2.05, 4.69) is 14.7 Å². The first kappa shape index (κ1) is 15.0. The Bertz CT molecular complexity index is 669. The van der Waals surface area contributed by atoms with E-state index in [1.54, 1.807) is 31.5 Å². The number of benzene rings is 1. The van der Waals surface area contributed by atoms with Gasteiger partial charge in [-0.25, -0.2) is 18.1 Å². The smallest absolute Gasteiger partial charge is 0.240 e. The first-order valence-corrected chi connectivity index (χ1v) is 8.09. The van der Waals surface area contributed by atoms with Crippen molar-refractivity contribution in [2.45, 2.75) is 24.7 Å². The predicted octanol–water partition coefficient (Wildman–Crippen LogP) is 2.28. The summed E-state index contributed by atoms with van der Waals surface area (Å²) in [6, 6.07) is 4.73. The summed E-state index contributed by atoms with van der Waals surface area (Å²) in [5.74, 6) is 0.854. The molecular weight excluding hydrogens is 298 g/mol. The van der Waals surface area contributed by atoms with Crippen molar-refractivity contribution in [3.05, 3.63) is 47.0 Å². The summed E-state index contributed by atoms with van der Waals surface area (Å²) in [6.07, 6.45) is 4.81. The lowest BCUT2D eigenvalue weighted by molar-refractivity contribution is 0.577. The fraction of sp³-hybridized carbons (Fsp3) is 0.308. The van der Waals surface area contributed by atoms with E-state index >= 15 is 0 Å². The highest BCUT2D eigenvalue weighted by Crippen LogP contribution is 2.19. The van der Waals surface area contributed by atoms with Gasteiger partial charge < -0.3 is 4.98 Å². The van der Waals surface area contributed by atoms with Gasteiger partial charge in [0, 0.05) is 30.4 Å². The topological polar surface area (TPSA) is 74.8 Å². The Kier molecular flexibility index (Phi) is 4.80. The quantitative estimate of drug-likeness (QED) is 0.803. The monoisotopic (exact) mass is 313 g/mol. The second-order valence-electron chi connectivity index (χ2n) is 4.45. The van der Waals surface area contributed by atoms with Gasteiger partial charge in [0.2, 0.25) is 10.0 Å². The molecule has 0 spiro atoms. The normalized spacial score (nSPS) is 11.7. The van der Waals surface area contributed by atoms with Gasteiger partial charge in [-0.15, -0.1) is 0 Å². The number of hydrogen-bond acceptors (Lipinski definition) is 3. The average molecular weight is 314 g/mol. The van der Waals surface area contributed by atoms with Gasteiger partial charge in [0.25, 0.3) is 0 Å². The van der Waals surface area contributed by atoms with E-state index in [0.29, 0.717) is 30.0 Å². The highest BCUT2D eigenvalue weighted by molar-refractivity contribution is 7.89. The summed E-state index contributed by atoms with van der Waals surface area (Å²) < 4.78 is 26.9. The van der Waals surface area contributed by atoms with Gasteiger partial charge in [0.1, 0.15) is 5.82 Å². The van der Waals surface area contributed by atoms with Crippen molar-refractivity contribution < 1.29 is 8.42 Å². The van der Waals surface area contributed by atoms with Crippen LogP contribution in [0.4, 0.5) is 0 Å². The minimum absolute atomic E-state index is 0.264. The fourth-order valence-electron chi connectivity index (χ4n) is 1.89. The van der Waals surface area contributed by atoms with E-state index in [0.717, 1.165) is 5.82 Å². The van der Waals surface area contributed by atoms with Crippen LogP contribution >= 0.6 is 11.6 Å². The van der Waals surface area contributed by atoms with E-state index < -0.39 is 10.0 Å². The van der Waals surface area contributed by atoms with E-state index in [4.69, 9.17) is 11.6 Å². The lowest BCUT2D eigenvalue weighted by atomic mass is 10.2. The maximum Gasteiger partial charge on any atom is 0.240 e. The molecule has 2 rings (SSSR count). The number of rotatable bonds is 6. The van der Waals surface area contributed by atoms with Gasteiger partial charge in [-0.3, -0.25) is 0 Å². The van der Waals surface area contributed by atoms with Crippen molar-refractivity contribution in [1.82, 2.24) is 14.7 Å². The van der Waals surface area contributed by atoms with Crippen LogP contribution in [0.3, 0.4) is 0 Å². The van der Waals surface area contributed by atoms with Crippen LogP contribution < -0.4 is 4.72 Å². The third kappa shape index (κ3) is 3.82. The molecule has 0 unspecified atom stereocenters. The van der Waals surface area contributed by atoms with Gasteiger partial charge >= 0.3 is 0 Å². The standard InChI is InChI=1S/C13H16ClN3O2S/c1-10-9-11(14)4-5-12(10)20(18,19)17-6-2-3-13-15-7-8-16-13/h4-5,7-9,17H,2-3,6H2,1H3,(H,15,16).